The number of β-amino-alcohol motifs (C(OH)–C–C–N with tert-alkyl or cyclic N) is 1. The largest absolute Gasteiger partial charge is 0.389 e. The Bertz CT molecular complexity index is 356. The maximum Gasteiger partial charge on any atom is 0.218 e. The maximum atomic E-state index is 12.1. The van der Waals surface area contributed by atoms with Crippen LogP contribution in [-0.2, 0) is 10.0 Å². The van der Waals surface area contributed by atoms with Crippen molar-refractivity contribution in [2.24, 2.45) is 5.73 Å². The zero-order valence-electron chi connectivity index (χ0n) is 11.5. The van der Waals surface area contributed by atoms with Gasteiger partial charge in [0.1, 0.15) is 0 Å². The van der Waals surface area contributed by atoms with Gasteiger partial charge in [0.05, 0.1) is 10.9 Å². The predicted octanol–water partition coefficient (Wildman–Crippen LogP) is -0.948. The highest BCUT2D eigenvalue weighted by Crippen LogP contribution is 2.14. The molecule has 3 N–H and O–H groups in total. The molecule has 0 amide bonds. The fraction of sp³-hybridized carbons (Fsp3) is 1.00. The second kappa shape index (κ2) is 5.83. The molecule has 0 saturated carbocycles. The molecule has 0 aromatic heterocycles. The number of piperazine rings is 1. The Morgan fingerprint density at radius 1 is 1.28 bits per heavy atom. The average Bonchev–Trinajstić information content (AvgIpc) is 2.26. The van der Waals surface area contributed by atoms with Crippen LogP contribution < -0.4 is 5.73 Å². The van der Waals surface area contributed by atoms with Crippen molar-refractivity contribution in [3.8, 4) is 0 Å². The molecule has 6 nitrogen and oxygen atoms in total. The van der Waals surface area contributed by atoms with Crippen molar-refractivity contribution in [2.75, 3.05) is 39.3 Å². The first-order valence-corrected chi connectivity index (χ1v) is 7.81. The smallest absolute Gasteiger partial charge is 0.218 e. The first kappa shape index (κ1) is 15.8. The molecule has 108 valence electrons. The van der Waals surface area contributed by atoms with Crippen molar-refractivity contribution in [3.05, 3.63) is 0 Å². The van der Waals surface area contributed by atoms with Gasteiger partial charge in [0, 0.05) is 39.3 Å². The van der Waals surface area contributed by atoms with Gasteiger partial charge in [0.15, 0.2) is 0 Å². The lowest BCUT2D eigenvalue weighted by molar-refractivity contribution is 0.0262. The highest BCUT2D eigenvalue weighted by Gasteiger charge is 2.31. The lowest BCUT2D eigenvalue weighted by atomic mass is 10.1. The van der Waals surface area contributed by atoms with Gasteiger partial charge in [-0.15, -0.1) is 0 Å². The van der Waals surface area contributed by atoms with Crippen molar-refractivity contribution < 1.29 is 13.5 Å². The minimum absolute atomic E-state index is 0.145. The number of rotatable bonds is 5. The maximum absolute atomic E-state index is 12.1. The van der Waals surface area contributed by atoms with E-state index in [9.17, 15) is 13.5 Å². The third kappa shape index (κ3) is 4.17. The lowest BCUT2D eigenvalue weighted by Gasteiger charge is -2.37. The molecule has 18 heavy (non-hydrogen) atoms. The van der Waals surface area contributed by atoms with E-state index in [0.29, 0.717) is 32.7 Å². The topological polar surface area (TPSA) is 86.9 Å². The second-order valence-corrected chi connectivity index (χ2v) is 7.93. The molecule has 0 radical (unpaired) electrons. The number of hydrogen-bond acceptors (Lipinski definition) is 5. The second-order valence-electron chi connectivity index (χ2n) is 5.58. The predicted molar refractivity (Wildman–Crippen MR) is 71.7 cm³/mol. The SMILES string of the molecule is CC(CN)S(=O)(=O)N1CCN(CC(C)(C)O)CC1. The molecule has 1 atom stereocenters. The molecule has 0 aromatic carbocycles. The van der Waals surface area contributed by atoms with E-state index in [1.54, 1.807) is 20.8 Å². The summed E-state index contributed by atoms with van der Waals surface area (Å²) in [5.41, 5.74) is 4.68. The summed E-state index contributed by atoms with van der Waals surface area (Å²) in [5.74, 6) is 0. The van der Waals surface area contributed by atoms with Crippen LogP contribution in [0.1, 0.15) is 20.8 Å². The Balaban J connectivity index is 2.54. The fourth-order valence-electron chi connectivity index (χ4n) is 2.07. The Labute approximate surface area is 110 Å². The van der Waals surface area contributed by atoms with Gasteiger partial charge in [-0.05, 0) is 20.8 Å². The molecule has 0 bridgehead atoms. The van der Waals surface area contributed by atoms with Gasteiger partial charge in [0.2, 0.25) is 10.0 Å². The van der Waals surface area contributed by atoms with Gasteiger partial charge in [-0.3, -0.25) is 4.90 Å². The van der Waals surface area contributed by atoms with Gasteiger partial charge in [-0.1, -0.05) is 0 Å². The van der Waals surface area contributed by atoms with Crippen LogP contribution in [0.5, 0.6) is 0 Å². The Kier molecular flexibility index (Phi) is 5.13. The van der Waals surface area contributed by atoms with Crippen LogP contribution >= 0.6 is 0 Å². The van der Waals surface area contributed by atoms with Crippen molar-refractivity contribution >= 4 is 10.0 Å². The molecular formula is C11H25N3O3S. The minimum Gasteiger partial charge on any atom is -0.389 e. The molecule has 1 unspecified atom stereocenters. The van der Waals surface area contributed by atoms with E-state index in [1.165, 1.54) is 4.31 Å². The summed E-state index contributed by atoms with van der Waals surface area (Å²) in [6.07, 6.45) is 0. The summed E-state index contributed by atoms with van der Waals surface area (Å²) in [6, 6.07) is 0. The van der Waals surface area contributed by atoms with Crippen molar-refractivity contribution in [1.29, 1.82) is 0 Å². The summed E-state index contributed by atoms with van der Waals surface area (Å²) in [7, 11) is -3.26. The molecular weight excluding hydrogens is 254 g/mol. The standard InChI is InChI=1S/C11H25N3O3S/c1-10(8-12)18(16,17)14-6-4-13(5-7-14)9-11(2,3)15/h10,15H,4-9,12H2,1-3H3. The Hall–Kier alpha value is -0.210. The van der Waals surface area contributed by atoms with Gasteiger partial charge >= 0.3 is 0 Å². The van der Waals surface area contributed by atoms with Crippen LogP contribution in [0.2, 0.25) is 0 Å². The molecule has 1 heterocycles. The van der Waals surface area contributed by atoms with E-state index in [1.807, 2.05) is 0 Å². The molecule has 1 aliphatic heterocycles. The first-order valence-electron chi connectivity index (χ1n) is 6.30. The number of sulfonamides is 1. The summed E-state index contributed by atoms with van der Waals surface area (Å²) in [6.45, 7) is 8.11. The molecule has 1 rings (SSSR count). The van der Waals surface area contributed by atoms with E-state index >= 15 is 0 Å². The summed E-state index contributed by atoms with van der Waals surface area (Å²) in [5, 5.41) is 9.20. The third-order valence-corrected chi connectivity index (χ3v) is 5.44. The summed E-state index contributed by atoms with van der Waals surface area (Å²) >= 11 is 0. The quantitative estimate of drug-likeness (QED) is 0.678. The van der Waals surface area contributed by atoms with Crippen LogP contribution in [0.4, 0.5) is 0 Å². The summed E-state index contributed by atoms with van der Waals surface area (Å²) in [4.78, 5) is 2.08. The third-order valence-electron chi connectivity index (χ3n) is 3.14. The van der Waals surface area contributed by atoms with Crippen molar-refractivity contribution in [3.63, 3.8) is 0 Å². The molecule has 0 spiro atoms. The highest BCUT2D eigenvalue weighted by molar-refractivity contribution is 7.89. The molecule has 7 heteroatoms. The average molecular weight is 279 g/mol. The zero-order valence-corrected chi connectivity index (χ0v) is 12.3. The molecule has 1 saturated heterocycles. The van der Waals surface area contributed by atoms with E-state index in [0.717, 1.165) is 0 Å². The molecule has 1 aliphatic rings. The first-order chi connectivity index (χ1) is 8.16. The van der Waals surface area contributed by atoms with Crippen LogP contribution in [-0.4, -0.2) is 72.8 Å². The zero-order chi connectivity index (χ0) is 14.0. The number of aliphatic hydroxyl groups is 1. The minimum atomic E-state index is -3.26. The number of nitrogens with zero attached hydrogens (tertiary/aromatic N) is 2. The van der Waals surface area contributed by atoms with Crippen LogP contribution in [0.15, 0.2) is 0 Å². The van der Waals surface area contributed by atoms with E-state index < -0.39 is 20.9 Å². The Morgan fingerprint density at radius 3 is 2.17 bits per heavy atom. The van der Waals surface area contributed by atoms with Crippen LogP contribution in [0, 0.1) is 0 Å². The monoisotopic (exact) mass is 279 g/mol. The number of nitrogens with two attached hydrogens (primary N) is 1. The normalized spacial score (nSPS) is 22.1. The van der Waals surface area contributed by atoms with Crippen molar-refractivity contribution in [2.45, 2.75) is 31.6 Å². The molecule has 1 fully saturated rings. The van der Waals surface area contributed by atoms with Gasteiger partial charge < -0.3 is 10.8 Å². The number of hydrogen-bond donors (Lipinski definition) is 2. The van der Waals surface area contributed by atoms with E-state index in [-0.39, 0.29) is 6.54 Å². The molecule has 0 aromatic rings. The van der Waals surface area contributed by atoms with Crippen LogP contribution in [0.25, 0.3) is 0 Å². The van der Waals surface area contributed by atoms with E-state index in [4.69, 9.17) is 5.73 Å². The van der Waals surface area contributed by atoms with E-state index in [2.05, 4.69) is 4.90 Å². The van der Waals surface area contributed by atoms with Gasteiger partial charge in [-0.2, -0.15) is 4.31 Å². The highest BCUT2D eigenvalue weighted by atomic mass is 32.2. The molecule has 0 aliphatic carbocycles. The Morgan fingerprint density at radius 2 is 1.78 bits per heavy atom. The van der Waals surface area contributed by atoms with Crippen LogP contribution in [0.3, 0.4) is 0 Å². The van der Waals surface area contributed by atoms with Gasteiger partial charge in [-0.25, -0.2) is 8.42 Å². The van der Waals surface area contributed by atoms with Crippen molar-refractivity contribution in [1.82, 2.24) is 9.21 Å². The van der Waals surface area contributed by atoms with Gasteiger partial charge in [0.25, 0.3) is 0 Å². The summed E-state index contributed by atoms with van der Waals surface area (Å²) < 4.78 is 25.7. The lowest BCUT2D eigenvalue weighted by Crippen LogP contribution is -2.53. The fourth-order valence-corrected chi connectivity index (χ4v) is 3.49.